The number of aliphatic hydroxyl groups excluding tert-OH is 1. The molecule has 0 heterocycles. The van der Waals surface area contributed by atoms with E-state index in [1.165, 1.54) is 12.1 Å². The lowest BCUT2D eigenvalue weighted by molar-refractivity contribution is 0.174. The van der Waals surface area contributed by atoms with Gasteiger partial charge in [0.05, 0.1) is 11.1 Å². The quantitative estimate of drug-likeness (QED) is 0.795. The van der Waals surface area contributed by atoms with Gasteiger partial charge in [0.2, 0.25) is 0 Å². The van der Waals surface area contributed by atoms with Crippen LogP contribution in [0.25, 0.3) is 0 Å². The molecular weight excluding hydrogens is 281 g/mol. The normalized spacial score (nSPS) is 12.3. The Morgan fingerprint density at radius 1 is 1.20 bits per heavy atom. The lowest BCUT2D eigenvalue weighted by Crippen LogP contribution is -2.21. The summed E-state index contributed by atoms with van der Waals surface area (Å²) in [7, 11) is 0. The zero-order valence-corrected chi connectivity index (χ0v) is 11.4. The van der Waals surface area contributed by atoms with Crippen molar-refractivity contribution in [1.82, 2.24) is 5.32 Å². The third kappa shape index (κ3) is 3.70. The van der Waals surface area contributed by atoms with Crippen molar-refractivity contribution in [2.75, 3.05) is 6.54 Å². The van der Waals surface area contributed by atoms with Gasteiger partial charge in [-0.25, -0.2) is 4.39 Å². The molecule has 0 fully saturated rings. The number of hydrogen-bond acceptors (Lipinski definition) is 3. The molecule has 0 amide bonds. The third-order valence-electron chi connectivity index (χ3n) is 2.97. The Morgan fingerprint density at radius 2 is 1.95 bits per heavy atom. The standard InChI is InChI=1S/C15H15ClFNO2/c16-12-6-5-10(7-13(12)17)15(20)9-18-8-11-3-1-2-4-14(11)19/h1-7,15,18-20H,8-9H2. The highest BCUT2D eigenvalue weighted by molar-refractivity contribution is 6.30. The first kappa shape index (κ1) is 14.8. The minimum Gasteiger partial charge on any atom is -0.508 e. The molecule has 2 rings (SSSR count). The average Bonchev–Trinajstić information content (AvgIpc) is 2.44. The maximum atomic E-state index is 13.3. The number of phenols is 1. The maximum Gasteiger partial charge on any atom is 0.142 e. The molecule has 106 valence electrons. The molecule has 0 aliphatic heterocycles. The molecule has 2 aromatic rings. The number of para-hydroxylation sites is 1. The molecule has 20 heavy (non-hydrogen) atoms. The highest BCUT2D eigenvalue weighted by atomic mass is 35.5. The Kier molecular flexibility index (Phi) is 4.95. The van der Waals surface area contributed by atoms with E-state index < -0.39 is 11.9 Å². The highest BCUT2D eigenvalue weighted by Crippen LogP contribution is 2.20. The lowest BCUT2D eigenvalue weighted by atomic mass is 10.1. The molecule has 5 heteroatoms. The monoisotopic (exact) mass is 295 g/mol. The first-order valence-electron chi connectivity index (χ1n) is 6.18. The molecule has 2 aromatic carbocycles. The second-order valence-corrected chi connectivity index (χ2v) is 4.86. The van der Waals surface area contributed by atoms with Gasteiger partial charge < -0.3 is 15.5 Å². The van der Waals surface area contributed by atoms with E-state index in [-0.39, 0.29) is 17.3 Å². The van der Waals surface area contributed by atoms with E-state index in [0.29, 0.717) is 12.1 Å². The summed E-state index contributed by atoms with van der Waals surface area (Å²) in [6.45, 7) is 0.662. The molecule has 0 aromatic heterocycles. The van der Waals surface area contributed by atoms with Crippen LogP contribution in [0.3, 0.4) is 0 Å². The Bertz CT molecular complexity index is 592. The van der Waals surface area contributed by atoms with Gasteiger partial charge in [-0.3, -0.25) is 0 Å². The smallest absolute Gasteiger partial charge is 0.142 e. The van der Waals surface area contributed by atoms with E-state index in [9.17, 15) is 14.6 Å². The minimum absolute atomic E-state index is 0.0307. The summed E-state index contributed by atoms with van der Waals surface area (Å²) >= 11 is 5.59. The average molecular weight is 296 g/mol. The topological polar surface area (TPSA) is 52.5 Å². The van der Waals surface area contributed by atoms with Crippen molar-refractivity contribution in [2.24, 2.45) is 0 Å². The van der Waals surface area contributed by atoms with Crippen molar-refractivity contribution >= 4 is 11.6 Å². The van der Waals surface area contributed by atoms with E-state index in [4.69, 9.17) is 11.6 Å². The van der Waals surface area contributed by atoms with Crippen LogP contribution in [0.2, 0.25) is 5.02 Å². The molecule has 0 saturated carbocycles. The van der Waals surface area contributed by atoms with Gasteiger partial charge in [-0.2, -0.15) is 0 Å². The van der Waals surface area contributed by atoms with Gasteiger partial charge in [-0.15, -0.1) is 0 Å². The van der Waals surface area contributed by atoms with Crippen LogP contribution in [0, 0.1) is 5.82 Å². The lowest BCUT2D eigenvalue weighted by Gasteiger charge is -2.13. The van der Waals surface area contributed by atoms with E-state index in [2.05, 4.69) is 5.32 Å². The van der Waals surface area contributed by atoms with Gasteiger partial charge in [0.1, 0.15) is 11.6 Å². The number of rotatable bonds is 5. The summed E-state index contributed by atoms with van der Waals surface area (Å²) in [6, 6.07) is 11.2. The van der Waals surface area contributed by atoms with Crippen molar-refractivity contribution in [3.63, 3.8) is 0 Å². The molecule has 0 saturated heterocycles. The summed E-state index contributed by atoms with van der Waals surface area (Å²) in [5.41, 5.74) is 1.19. The summed E-state index contributed by atoms with van der Waals surface area (Å²) in [4.78, 5) is 0. The van der Waals surface area contributed by atoms with Crippen LogP contribution < -0.4 is 5.32 Å². The van der Waals surface area contributed by atoms with Gasteiger partial charge in [-0.05, 0) is 23.8 Å². The highest BCUT2D eigenvalue weighted by Gasteiger charge is 2.10. The van der Waals surface area contributed by atoms with E-state index in [1.54, 1.807) is 24.3 Å². The Balaban J connectivity index is 1.90. The van der Waals surface area contributed by atoms with Crippen LogP contribution in [-0.2, 0) is 6.54 Å². The fraction of sp³-hybridized carbons (Fsp3) is 0.200. The zero-order valence-electron chi connectivity index (χ0n) is 10.7. The van der Waals surface area contributed by atoms with E-state index in [1.807, 2.05) is 6.07 Å². The zero-order chi connectivity index (χ0) is 14.5. The first-order chi connectivity index (χ1) is 9.58. The van der Waals surface area contributed by atoms with Gasteiger partial charge in [0.15, 0.2) is 0 Å². The Hall–Kier alpha value is -1.62. The molecule has 0 radical (unpaired) electrons. The van der Waals surface area contributed by atoms with Crippen LogP contribution >= 0.6 is 11.6 Å². The van der Waals surface area contributed by atoms with Gasteiger partial charge in [0, 0.05) is 18.7 Å². The fourth-order valence-electron chi connectivity index (χ4n) is 1.84. The predicted octanol–water partition coefficient (Wildman–Crippen LogP) is 3.01. The fourth-order valence-corrected chi connectivity index (χ4v) is 1.96. The summed E-state index contributed by atoms with van der Waals surface area (Å²) in [6.07, 6.45) is -0.840. The van der Waals surface area contributed by atoms with Crippen LogP contribution in [0.15, 0.2) is 42.5 Å². The minimum atomic E-state index is -0.840. The van der Waals surface area contributed by atoms with Crippen LogP contribution in [0.1, 0.15) is 17.2 Å². The van der Waals surface area contributed by atoms with E-state index in [0.717, 1.165) is 5.56 Å². The molecule has 0 bridgehead atoms. The SMILES string of the molecule is Oc1ccccc1CNCC(O)c1ccc(Cl)c(F)c1. The molecular formula is C15H15ClFNO2. The van der Waals surface area contributed by atoms with Gasteiger partial charge in [-0.1, -0.05) is 35.9 Å². The summed E-state index contributed by atoms with van der Waals surface area (Å²) in [5, 5.41) is 22.6. The van der Waals surface area contributed by atoms with Crippen LogP contribution in [0.4, 0.5) is 4.39 Å². The van der Waals surface area contributed by atoms with Gasteiger partial charge >= 0.3 is 0 Å². The van der Waals surface area contributed by atoms with E-state index >= 15 is 0 Å². The van der Waals surface area contributed by atoms with Crippen molar-refractivity contribution in [2.45, 2.75) is 12.6 Å². The number of aromatic hydroxyl groups is 1. The van der Waals surface area contributed by atoms with Crippen molar-refractivity contribution < 1.29 is 14.6 Å². The number of aliphatic hydroxyl groups is 1. The molecule has 3 N–H and O–H groups in total. The molecule has 0 aliphatic carbocycles. The molecule has 1 atom stereocenters. The number of hydrogen-bond donors (Lipinski definition) is 3. The predicted molar refractivity (Wildman–Crippen MR) is 76.2 cm³/mol. The van der Waals surface area contributed by atoms with Gasteiger partial charge in [0.25, 0.3) is 0 Å². The van der Waals surface area contributed by atoms with Crippen LogP contribution in [0.5, 0.6) is 5.75 Å². The summed E-state index contributed by atoms with van der Waals surface area (Å²) in [5.74, 6) is -0.351. The van der Waals surface area contributed by atoms with Crippen molar-refractivity contribution in [3.05, 3.63) is 64.4 Å². The first-order valence-corrected chi connectivity index (χ1v) is 6.56. The second kappa shape index (κ2) is 6.70. The molecule has 1 unspecified atom stereocenters. The number of phenolic OH excluding ortho intramolecular Hbond substituents is 1. The third-order valence-corrected chi connectivity index (χ3v) is 3.28. The molecule has 3 nitrogen and oxygen atoms in total. The Labute approximate surface area is 121 Å². The summed E-state index contributed by atoms with van der Waals surface area (Å²) < 4.78 is 13.3. The molecule has 0 spiro atoms. The number of halogens is 2. The maximum absolute atomic E-state index is 13.3. The van der Waals surface area contributed by atoms with Crippen molar-refractivity contribution in [1.29, 1.82) is 0 Å². The molecule has 0 aliphatic rings. The largest absolute Gasteiger partial charge is 0.508 e. The second-order valence-electron chi connectivity index (χ2n) is 4.45. The van der Waals surface area contributed by atoms with Crippen LogP contribution in [-0.4, -0.2) is 16.8 Å². The number of benzene rings is 2. The Morgan fingerprint density at radius 3 is 2.65 bits per heavy atom. The van der Waals surface area contributed by atoms with Crippen molar-refractivity contribution in [3.8, 4) is 5.75 Å². The number of nitrogens with one attached hydrogen (secondary N) is 1.